The Balaban J connectivity index is 2.39. The second-order valence-corrected chi connectivity index (χ2v) is 4.52. The third-order valence-corrected chi connectivity index (χ3v) is 3.17. The van der Waals surface area contributed by atoms with Gasteiger partial charge in [-0.2, -0.15) is 4.98 Å². The standard InChI is InChI=1S/C9H11ClFN3O5/c10-9(11)6(16)4(3-15)19-7(9)14-2-1-5(13-18)12-8(14)17/h1-2,4,6-7,15-16,18H,3H2,(H,12,13,17). The van der Waals surface area contributed by atoms with Crippen LogP contribution in [0, 0.1) is 0 Å². The molecule has 0 amide bonds. The molecule has 1 aromatic rings. The van der Waals surface area contributed by atoms with Crippen molar-refractivity contribution in [1.82, 2.24) is 9.55 Å². The maximum Gasteiger partial charge on any atom is 0.351 e. The Hall–Kier alpha value is -1.26. The van der Waals surface area contributed by atoms with Crippen LogP contribution in [0.2, 0.25) is 0 Å². The molecule has 1 aromatic heterocycles. The van der Waals surface area contributed by atoms with Gasteiger partial charge in [-0.3, -0.25) is 15.3 Å². The van der Waals surface area contributed by atoms with E-state index in [4.69, 9.17) is 26.7 Å². The third kappa shape index (κ3) is 2.30. The number of ether oxygens (including phenoxy) is 1. The van der Waals surface area contributed by atoms with Crippen LogP contribution < -0.4 is 11.2 Å². The summed E-state index contributed by atoms with van der Waals surface area (Å²) in [7, 11) is 0. The molecule has 0 radical (unpaired) electrons. The minimum atomic E-state index is -2.78. The zero-order valence-corrected chi connectivity index (χ0v) is 10.2. The van der Waals surface area contributed by atoms with Crippen LogP contribution in [0.4, 0.5) is 10.2 Å². The maximum atomic E-state index is 14.2. The van der Waals surface area contributed by atoms with Crippen molar-refractivity contribution in [2.45, 2.75) is 23.6 Å². The molecule has 4 N–H and O–H groups in total. The van der Waals surface area contributed by atoms with Crippen LogP contribution in [0.15, 0.2) is 17.1 Å². The van der Waals surface area contributed by atoms with E-state index in [-0.39, 0.29) is 5.82 Å². The van der Waals surface area contributed by atoms with Crippen LogP contribution >= 0.6 is 11.6 Å². The van der Waals surface area contributed by atoms with Crippen molar-refractivity contribution in [3.8, 4) is 0 Å². The molecule has 0 bridgehead atoms. The maximum absolute atomic E-state index is 14.2. The van der Waals surface area contributed by atoms with Gasteiger partial charge in [0.05, 0.1) is 6.61 Å². The molecule has 0 spiro atoms. The number of rotatable bonds is 3. The highest BCUT2D eigenvalue weighted by Crippen LogP contribution is 2.43. The Morgan fingerprint density at radius 1 is 1.68 bits per heavy atom. The monoisotopic (exact) mass is 295 g/mol. The lowest BCUT2D eigenvalue weighted by atomic mass is 10.1. The smallest absolute Gasteiger partial charge is 0.351 e. The number of nitrogens with one attached hydrogen (secondary N) is 1. The van der Waals surface area contributed by atoms with Crippen LogP contribution in [0.25, 0.3) is 0 Å². The van der Waals surface area contributed by atoms with Crippen LogP contribution in [0.1, 0.15) is 6.23 Å². The van der Waals surface area contributed by atoms with E-state index in [2.05, 4.69) is 4.98 Å². The van der Waals surface area contributed by atoms with E-state index in [1.807, 2.05) is 0 Å². The second kappa shape index (κ2) is 5.02. The highest BCUT2D eigenvalue weighted by molar-refractivity contribution is 6.23. The van der Waals surface area contributed by atoms with Gasteiger partial charge in [0.25, 0.3) is 5.13 Å². The zero-order valence-electron chi connectivity index (χ0n) is 9.40. The first kappa shape index (κ1) is 14.2. The Morgan fingerprint density at radius 3 is 2.84 bits per heavy atom. The van der Waals surface area contributed by atoms with E-state index in [9.17, 15) is 14.3 Å². The molecule has 1 aliphatic rings. The minimum absolute atomic E-state index is 0.141. The Labute approximate surface area is 111 Å². The Kier molecular flexibility index (Phi) is 3.74. The summed E-state index contributed by atoms with van der Waals surface area (Å²) in [5.41, 5.74) is 0.707. The lowest BCUT2D eigenvalue weighted by Gasteiger charge is -2.22. The predicted molar refractivity (Wildman–Crippen MR) is 60.6 cm³/mol. The number of aliphatic hydroxyl groups is 2. The van der Waals surface area contributed by atoms with Gasteiger partial charge in [0.2, 0.25) is 0 Å². The first-order chi connectivity index (χ1) is 8.91. The number of hydrogen-bond donors (Lipinski definition) is 4. The van der Waals surface area contributed by atoms with Crippen molar-refractivity contribution in [1.29, 1.82) is 0 Å². The molecule has 0 saturated carbocycles. The highest BCUT2D eigenvalue weighted by Gasteiger charge is 2.57. The summed E-state index contributed by atoms with van der Waals surface area (Å²) in [6.07, 6.45) is -3.61. The van der Waals surface area contributed by atoms with E-state index >= 15 is 0 Å². The fourth-order valence-electron chi connectivity index (χ4n) is 1.77. The summed E-state index contributed by atoms with van der Waals surface area (Å²) in [5, 5.41) is 24.3. The topological polar surface area (TPSA) is 117 Å². The van der Waals surface area contributed by atoms with Crippen molar-refractivity contribution < 1.29 is 24.5 Å². The summed E-state index contributed by atoms with van der Waals surface area (Å²) in [6, 6.07) is 1.18. The summed E-state index contributed by atoms with van der Waals surface area (Å²) in [6.45, 7) is -0.658. The molecule has 19 heavy (non-hydrogen) atoms. The molecule has 1 fully saturated rings. The van der Waals surface area contributed by atoms with Crippen LogP contribution in [0.5, 0.6) is 0 Å². The fraction of sp³-hybridized carbons (Fsp3) is 0.556. The molecule has 2 rings (SSSR count). The van der Waals surface area contributed by atoms with E-state index in [1.165, 1.54) is 6.07 Å². The van der Waals surface area contributed by atoms with Gasteiger partial charge in [-0.15, -0.1) is 0 Å². The van der Waals surface area contributed by atoms with Crippen LogP contribution in [-0.4, -0.2) is 48.9 Å². The average Bonchev–Trinajstić information content (AvgIpc) is 2.61. The van der Waals surface area contributed by atoms with E-state index in [1.54, 1.807) is 5.48 Å². The van der Waals surface area contributed by atoms with Gasteiger partial charge in [0.15, 0.2) is 12.0 Å². The Morgan fingerprint density at radius 2 is 2.37 bits per heavy atom. The number of aliphatic hydroxyl groups excluding tert-OH is 2. The number of halogens is 2. The van der Waals surface area contributed by atoms with Gasteiger partial charge in [-0.1, -0.05) is 11.6 Å². The third-order valence-electron chi connectivity index (χ3n) is 2.76. The molecule has 1 saturated heterocycles. The summed E-state index contributed by atoms with van der Waals surface area (Å²) < 4.78 is 19.9. The van der Waals surface area contributed by atoms with Gasteiger partial charge >= 0.3 is 5.69 Å². The fourth-order valence-corrected chi connectivity index (χ4v) is 2.07. The van der Waals surface area contributed by atoms with Crippen molar-refractivity contribution in [3.63, 3.8) is 0 Å². The highest BCUT2D eigenvalue weighted by atomic mass is 35.5. The molecule has 0 aliphatic carbocycles. The first-order valence-electron chi connectivity index (χ1n) is 5.23. The van der Waals surface area contributed by atoms with Crippen molar-refractivity contribution in [2.75, 3.05) is 12.1 Å². The van der Waals surface area contributed by atoms with Crippen molar-refractivity contribution in [2.24, 2.45) is 0 Å². The molecule has 106 valence electrons. The van der Waals surface area contributed by atoms with Gasteiger partial charge in [-0.05, 0) is 6.07 Å². The lowest BCUT2D eigenvalue weighted by molar-refractivity contribution is -0.0517. The minimum Gasteiger partial charge on any atom is -0.394 e. The first-order valence-corrected chi connectivity index (χ1v) is 5.61. The average molecular weight is 296 g/mol. The molecule has 4 atom stereocenters. The number of hydrogen-bond acceptors (Lipinski definition) is 7. The molecule has 8 nitrogen and oxygen atoms in total. The van der Waals surface area contributed by atoms with Gasteiger partial charge in [-0.25, -0.2) is 9.18 Å². The number of alkyl halides is 2. The van der Waals surface area contributed by atoms with Crippen molar-refractivity contribution >= 4 is 17.4 Å². The molecular weight excluding hydrogens is 285 g/mol. The molecule has 10 heteroatoms. The summed E-state index contributed by atoms with van der Waals surface area (Å²) >= 11 is 5.53. The van der Waals surface area contributed by atoms with E-state index < -0.39 is 35.9 Å². The molecule has 0 aromatic carbocycles. The lowest BCUT2D eigenvalue weighted by Crippen LogP contribution is -2.41. The van der Waals surface area contributed by atoms with E-state index in [0.29, 0.717) is 4.57 Å². The number of aromatic nitrogens is 2. The SMILES string of the molecule is O=c1nc(NO)ccn1C1OC(CO)C(O)C1(F)Cl. The molecule has 1 aliphatic heterocycles. The van der Waals surface area contributed by atoms with Crippen LogP contribution in [-0.2, 0) is 4.74 Å². The number of anilines is 1. The van der Waals surface area contributed by atoms with Gasteiger partial charge in [0, 0.05) is 6.20 Å². The second-order valence-electron chi connectivity index (χ2n) is 3.94. The Bertz CT molecular complexity index is 525. The summed E-state index contributed by atoms with van der Waals surface area (Å²) in [5.74, 6) is -0.141. The normalized spacial score (nSPS) is 34.5. The van der Waals surface area contributed by atoms with Gasteiger partial charge < -0.3 is 14.9 Å². The largest absolute Gasteiger partial charge is 0.394 e. The molecule has 4 unspecified atom stereocenters. The molecular formula is C9H11ClFN3O5. The quantitative estimate of drug-likeness (QED) is 0.426. The van der Waals surface area contributed by atoms with Crippen molar-refractivity contribution in [3.05, 3.63) is 22.7 Å². The number of nitrogens with zero attached hydrogens (tertiary/aromatic N) is 2. The molecule has 2 heterocycles. The predicted octanol–water partition coefficient (Wildman–Crippen LogP) is -0.800. The summed E-state index contributed by atoms with van der Waals surface area (Å²) in [4.78, 5) is 15.0. The van der Waals surface area contributed by atoms with E-state index in [0.717, 1.165) is 6.20 Å². The van der Waals surface area contributed by atoms with Gasteiger partial charge in [0.1, 0.15) is 12.2 Å². The zero-order chi connectivity index (χ0) is 14.2. The van der Waals surface area contributed by atoms with Crippen LogP contribution in [0.3, 0.4) is 0 Å².